The highest BCUT2D eigenvalue weighted by Crippen LogP contribution is 2.26. The minimum absolute atomic E-state index is 0.142. The number of anilines is 1. The zero-order valence-electron chi connectivity index (χ0n) is 13.3. The number of ether oxygens (including phenoxy) is 1. The summed E-state index contributed by atoms with van der Waals surface area (Å²) in [7, 11) is 0. The van der Waals surface area contributed by atoms with E-state index in [1.165, 1.54) is 0 Å². The molecule has 2 heterocycles. The molecule has 2 aromatic rings. The molecule has 6 nitrogen and oxygen atoms in total. The Bertz CT molecular complexity index is 600. The van der Waals surface area contributed by atoms with E-state index in [4.69, 9.17) is 4.74 Å². The summed E-state index contributed by atoms with van der Waals surface area (Å²) in [4.78, 5) is 9.04. The first-order valence-electron chi connectivity index (χ1n) is 7.26. The smallest absolute Gasteiger partial charge is 0.224 e. The number of nitrogens with zero attached hydrogens (tertiary/aromatic N) is 4. The van der Waals surface area contributed by atoms with Crippen LogP contribution in [0.4, 0.5) is 5.82 Å². The van der Waals surface area contributed by atoms with Gasteiger partial charge in [-0.2, -0.15) is 10.1 Å². The van der Waals surface area contributed by atoms with Crippen LogP contribution in [0.25, 0.3) is 0 Å². The van der Waals surface area contributed by atoms with Crippen LogP contribution in [-0.2, 0) is 12.0 Å². The fourth-order valence-electron chi connectivity index (χ4n) is 1.78. The molecule has 0 saturated heterocycles. The van der Waals surface area contributed by atoms with Gasteiger partial charge in [0, 0.05) is 24.6 Å². The largest absolute Gasteiger partial charge is 0.436 e. The van der Waals surface area contributed by atoms with E-state index >= 15 is 0 Å². The highest BCUT2D eigenvalue weighted by molar-refractivity contribution is 5.40. The second-order valence-electron chi connectivity index (χ2n) is 5.83. The van der Waals surface area contributed by atoms with Gasteiger partial charge in [0.1, 0.15) is 11.6 Å². The predicted octanol–water partition coefficient (Wildman–Crippen LogP) is 3.21. The van der Waals surface area contributed by atoms with Gasteiger partial charge >= 0.3 is 0 Å². The number of nitrogens with one attached hydrogen (secondary N) is 1. The number of hydrogen-bond donors (Lipinski definition) is 1. The normalized spacial score (nSPS) is 11.5. The van der Waals surface area contributed by atoms with E-state index in [2.05, 4.69) is 41.2 Å². The molecular weight excluding hydrogens is 266 g/mol. The monoisotopic (exact) mass is 289 g/mol. The fourth-order valence-corrected chi connectivity index (χ4v) is 1.78. The van der Waals surface area contributed by atoms with Gasteiger partial charge in [-0.25, -0.2) is 4.98 Å². The van der Waals surface area contributed by atoms with Crippen molar-refractivity contribution in [2.75, 3.05) is 11.9 Å². The lowest BCUT2D eigenvalue weighted by atomic mass is 9.96. The highest BCUT2D eigenvalue weighted by atomic mass is 16.5. The van der Waals surface area contributed by atoms with E-state index in [0.29, 0.717) is 11.6 Å². The van der Waals surface area contributed by atoms with Gasteiger partial charge in [0.25, 0.3) is 0 Å². The zero-order chi connectivity index (χ0) is 15.5. The van der Waals surface area contributed by atoms with Crippen molar-refractivity contribution in [2.24, 2.45) is 0 Å². The third-order valence-electron chi connectivity index (χ3n) is 2.89. The zero-order valence-corrected chi connectivity index (χ0v) is 13.3. The molecule has 0 aliphatic heterocycles. The lowest BCUT2D eigenvalue weighted by Crippen LogP contribution is -2.17. The van der Waals surface area contributed by atoms with E-state index in [9.17, 15) is 0 Å². The summed E-state index contributed by atoms with van der Waals surface area (Å²) in [6.07, 6.45) is 3.54. The van der Waals surface area contributed by atoms with Gasteiger partial charge < -0.3 is 10.1 Å². The van der Waals surface area contributed by atoms with Crippen molar-refractivity contribution in [2.45, 2.75) is 46.6 Å². The van der Waals surface area contributed by atoms with Gasteiger partial charge in [0.2, 0.25) is 5.88 Å². The van der Waals surface area contributed by atoms with Crippen LogP contribution in [0.15, 0.2) is 18.5 Å². The Morgan fingerprint density at radius 3 is 2.57 bits per heavy atom. The summed E-state index contributed by atoms with van der Waals surface area (Å²) in [6.45, 7) is 11.9. The Kier molecular flexibility index (Phi) is 4.45. The Balaban J connectivity index is 2.30. The summed E-state index contributed by atoms with van der Waals surface area (Å²) >= 11 is 0. The predicted molar refractivity (Wildman–Crippen MR) is 82.9 cm³/mol. The first kappa shape index (κ1) is 15.3. The SMILES string of the molecule is CCNc1cc(Oc2cnn(CC)c2)nc(C(C)(C)C)n1. The average molecular weight is 289 g/mol. The van der Waals surface area contributed by atoms with Crippen LogP contribution in [0.2, 0.25) is 0 Å². The fraction of sp³-hybridized carbons (Fsp3) is 0.533. The maximum atomic E-state index is 5.81. The van der Waals surface area contributed by atoms with E-state index in [1.807, 2.05) is 30.8 Å². The number of aromatic nitrogens is 4. The molecule has 2 aromatic heterocycles. The number of hydrogen-bond acceptors (Lipinski definition) is 5. The quantitative estimate of drug-likeness (QED) is 0.915. The molecule has 0 aliphatic carbocycles. The maximum absolute atomic E-state index is 5.81. The lowest BCUT2D eigenvalue weighted by Gasteiger charge is -2.18. The first-order valence-corrected chi connectivity index (χ1v) is 7.26. The topological polar surface area (TPSA) is 64.9 Å². The summed E-state index contributed by atoms with van der Waals surface area (Å²) < 4.78 is 7.62. The van der Waals surface area contributed by atoms with Gasteiger partial charge in [-0.1, -0.05) is 20.8 Å². The molecule has 0 aromatic carbocycles. The lowest BCUT2D eigenvalue weighted by molar-refractivity contribution is 0.445. The number of rotatable bonds is 5. The minimum Gasteiger partial charge on any atom is -0.436 e. The molecule has 0 aliphatic rings. The van der Waals surface area contributed by atoms with Crippen LogP contribution in [-0.4, -0.2) is 26.3 Å². The van der Waals surface area contributed by atoms with Gasteiger partial charge in [-0.15, -0.1) is 0 Å². The molecule has 114 valence electrons. The summed E-state index contributed by atoms with van der Waals surface area (Å²) in [5.74, 6) is 2.73. The van der Waals surface area contributed by atoms with Crippen LogP contribution in [0.1, 0.15) is 40.4 Å². The van der Waals surface area contributed by atoms with Crippen molar-refractivity contribution in [3.8, 4) is 11.6 Å². The van der Waals surface area contributed by atoms with Crippen molar-refractivity contribution < 1.29 is 4.74 Å². The first-order chi connectivity index (χ1) is 9.92. The average Bonchev–Trinajstić information content (AvgIpc) is 2.85. The van der Waals surface area contributed by atoms with Crippen molar-refractivity contribution in [1.29, 1.82) is 0 Å². The van der Waals surface area contributed by atoms with Crippen LogP contribution >= 0.6 is 0 Å². The van der Waals surface area contributed by atoms with Crippen molar-refractivity contribution in [1.82, 2.24) is 19.7 Å². The van der Waals surface area contributed by atoms with Gasteiger partial charge in [-0.05, 0) is 13.8 Å². The molecule has 2 rings (SSSR count). The Hall–Kier alpha value is -2.11. The molecule has 21 heavy (non-hydrogen) atoms. The summed E-state index contributed by atoms with van der Waals surface area (Å²) in [5, 5.41) is 7.40. The maximum Gasteiger partial charge on any atom is 0.224 e. The van der Waals surface area contributed by atoms with Crippen LogP contribution < -0.4 is 10.1 Å². The molecule has 0 bridgehead atoms. The van der Waals surface area contributed by atoms with Gasteiger partial charge in [-0.3, -0.25) is 4.68 Å². The van der Waals surface area contributed by atoms with Crippen LogP contribution in [0.3, 0.4) is 0 Å². The van der Waals surface area contributed by atoms with Crippen molar-refractivity contribution >= 4 is 5.82 Å². The third-order valence-corrected chi connectivity index (χ3v) is 2.89. The second-order valence-corrected chi connectivity index (χ2v) is 5.83. The van der Waals surface area contributed by atoms with Crippen molar-refractivity contribution in [3.05, 3.63) is 24.3 Å². The van der Waals surface area contributed by atoms with E-state index in [-0.39, 0.29) is 5.41 Å². The Labute approximate surface area is 125 Å². The number of aryl methyl sites for hydroxylation is 1. The molecule has 0 unspecified atom stereocenters. The van der Waals surface area contributed by atoms with E-state index in [1.54, 1.807) is 6.20 Å². The standard InChI is InChI=1S/C15H23N5O/c1-6-16-12-8-13(19-14(18-12)15(3,4)5)21-11-9-17-20(7-2)10-11/h8-10H,6-7H2,1-5H3,(H,16,18,19). The van der Waals surface area contributed by atoms with Gasteiger partial charge in [0.15, 0.2) is 5.75 Å². The molecule has 0 atom stereocenters. The van der Waals surface area contributed by atoms with Crippen LogP contribution in [0.5, 0.6) is 11.6 Å². The summed E-state index contributed by atoms with van der Waals surface area (Å²) in [6, 6.07) is 1.81. The Morgan fingerprint density at radius 1 is 1.24 bits per heavy atom. The third kappa shape index (κ3) is 3.93. The molecule has 0 radical (unpaired) electrons. The molecular formula is C15H23N5O. The molecule has 0 amide bonds. The molecule has 1 N–H and O–H groups in total. The molecule has 0 saturated carbocycles. The van der Waals surface area contributed by atoms with E-state index in [0.717, 1.165) is 24.7 Å². The Morgan fingerprint density at radius 2 is 2.00 bits per heavy atom. The van der Waals surface area contributed by atoms with Crippen LogP contribution in [0, 0.1) is 0 Å². The van der Waals surface area contributed by atoms with Gasteiger partial charge in [0.05, 0.1) is 12.4 Å². The highest BCUT2D eigenvalue weighted by Gasteiger charge is 2.20. The summed E-state index contributed by atoms with van der Waals surface area (Å²) in [5.41, 5.74) is -0.142. The second kappa shape index (κ2) is 6.11. The molecule has 6 heteroatoms. The van der Waals surface area contributed by atoms with E-state index < -0.39 is 0 Å². The van der Waals surface area contributed by atoms with Crippen molar-refractivity contribution in [3.63, 3.8) is 0 Å². The molecule has 0 spiro atoms. The minimum atomic E-state index is -0.142. The molecule has 0 fully saturated rings.